The van der Waals surface area contributed by atoms with Gasteiger partial charge in [0.05, 0.1) is 15.9 Å². The summed E-state index contributed by atoms with van der Waals surface area (Å²) in [4.78, 5) is 5.20. The van der Waals surface area contributed by atoms with Gasteiger partial charge < -0.3 is 9.30 Å². The zero-order valence-electron chi connectivity index (χ0n) is 19.4. The van der Waals surface area contributed by atoms with Crippen LogP contribution in [0.4, 0.5) is 0 Å². The number of fused-ring (bicyclic) bond motifs is 1. The molecule has 0 saturated carbocycles. The quantitative estimate of drug-likeness (QED) is 0.291. The lowest BCUT2D eigenvalue weighted by Crippen LogP contribution is -2.39. The maximum absolute atomic E-state index is 13.3. The number of aromatic nitrogens is 2. The highest BCUT2D eigenvalue weighted by atomic mass is 32.2. The zero-order chi connectivity index (χ0) is 23.3. The summed E-state index contributed by atoms with van der Waals surface area (Å²) < 4.78 is 35.9. The molecule has 2 aromatic carbocycles. The van der Waals surface area contributed by atoms with Gasteiger partial charge in [0, 0.05) is 38.6 Å². The van der Waals surface area contributed by atoms with Gasteiger partial charge in [0.2, 0.25) is 10.0 Å². The van der Waals surface area contributed by atoms with Crippen LogP contribution in [-0.2, 0) is 27.1 Å². The Balaban J connectivity index is 1.62. The molecule has 1 atom stereocenters. The van der Waals surface area contributed by atoms with E-state index in [9.17, 15) is 8.42 Å². The van der Waals surface area contributed by atoms with Crippen molar-refractivity contribution < 1.29 is 13.2 Å². The maximum Gasteiger partial charge on any atom is 0.243 e. The molecule has 1 saturated heterocycles. The number of rotatable bonds is 10. The molecule has 4 rings (SSSR count). The second-order valence-electron chi connectivity index (χ2n) is 8.63. The van der Waals surface area contributed by atoms with Crippen molar-refractivity contribution in [1.82, 2.24) is 13.9 Å². The van der Waals surface area contributed by atoms with Gasteiger partial charge in [-0.05, 0) is 55.9 Å². The summed E-state index contributed by atoms with van der Waals surface area (Å²) >= 11 is 1.68. The predicted octanol–water partition coefficient (Wildman–Crippen LogP) is 5.18. The van der Waals surface area contributed by atoms with E-state index in [2.05, 4.69) is 23.6 Å². The van der Waals surface area contributed by atoms with E-state index in [-0.39, 0.29) is 0 Å². The molecule has 178 valence electrons. The second-order valence-corrected chi connectivity index (χ2v) is 11.5. The van der Waals surface area contributed by atoms with Gasteiger partial charge in [0.15, 0.2) is 5.16 Å². The molecule has 6 nitrogen and oxygen atoms in total. The van der Waals surface area contributed by atoms with E-state index < -0.39 is 10.0 Å². The van der Waals surface area contributed by atoms with E-state index in [0.29, 0.717) is 37.1 Å². The van der Waals surface area contributed by atoms with Crippen LogP contribution in [0.1, 0.15) is 38.7 Å². The summed E-state index contributed by atoms with van der Waals surface area (Å²) in [6.07, 6.45) is 2.88. The van der Waals surface area contributed by atoms with E-state index >= 15 is 0 Å². The van der Waals surface area contributed by atoms with Gasteiger partial charge >= 0.3 is 0 Å². The average molecular weight is 488 g/mol. The van der Waals surface area contributed by atoms with Crippen molar-refractivity contribution in [3.63, 3.8) is 0 Å². The fourth-order valence-corrected chi connectivity index (χ4v) is 6.89. The lowest BCUT2D eigenvalue weighted by atomic mass is 10.0. The van der Waals surface area contributed by atoms with Crippen LogP contribution < -0.4 is 0 Å². The van der Waals surface area contributed by atoms with Crippen molar-refractivity contribution in [1.29, 1.82) is 0 Å². The highest BCUT2D eigenvalue weighted by molar-refractivity contribution is 7.98. The van der Waals surface area contributed by atoms with Crippen LogP contribution in [0.2, 0.25) is 0 Å². The number of aryl methyl sites for hydroxylation is 1. The minimum absolute atomic E-state index is 0.336. The van der Waals surface area contributed by atoms with Crippen molar-refractivity contribution in [3.8, 4) is 0 Å². The van der Waals surface area contributed by atoms with Crippen LogP contribution >= 0.6 is 11.8 Å². The van der Waals surface area contributed by atoms with Crippen LogP contribution in [0, 0.1) is 5.92 Å². The lowest BCUT2D eigenvalue weighted by molar-refractivity contribution is 0.141. The van der Waals surface area contributed by atoms with Gasteiger partial charge in [0.1, 0.15) is 0 Å². The standard InChI is InChI=1S/C25H33N3O3S2/c1-3-31-16-8-15-28-24-13-12-22(33(29,30)27-14-7-9-20(2)18-27)17-23(24)26-25(28)32-19-21-10-5-4-6-11-21/h4-6,10-13,17,20H,3,7-9,14-16,18-19H2,1-2H3. The van der Waals surface area contributed by atoms with Crippen molar-refractivity contribution in [2.45, 2.75) is 55.5 Å². The molecule has 1 unspecified atom stereocenters. The first-order valence-electron chi connectivity index (χ1n) is 11.7. The Labute approximate surface area is 201 Å². The smallest absolute Gasteiger partial charge is 0.243 e. The summed E-state index contributed by atoms with van der Waals surface area (Å²) in [7, 11) is -3.51. The first kappa shape index (κ1) is 24.3. The van der Waals surface area contributed by atoms with Gasteiger partial charge in [-0.2, -0.15) is 4.31 Å². The lowest BCUT2D eigenvalue weighted by Gasteiger charge is -2.30. The average Bonchev–Trinajstić information content (AvgIpc) is 3.18. The molecule has 1 fully saturated rings. The molecule has 0 aliphatic carbocycles. The monoisotopic (exact) mass is 487 g/mol. The Morgan fingerprint density at radius 3 is 2.76 bits per heavy atom. The highest BCUT2D eigenvalue weighted by Gasteiger charge is 2.29. The van der Waals surface area contributed by atoms with Crippen molar-refractivity contribution >= 4 is 32.8 Å². The number of benzene rings is 2. The predicted molar refractivity (Wildman–Crippen MR) is 134 cm³/mol. The third-order valence-electron chi connectivity index (χ3n) is 6.03. The summed E-state index contributed by atoms with van der Waals surface area (Å²) in [5.41, 5.74) is 2.93. The van der Waals surface area contributed by atoms with Gasteiger partial charge in [-0.3, -0.25) is 0 Å². The number of ether oxygens (including phenoxy) is 1. The van der Waals surface area contributed by atoms with Crippen molar-refractivity contribution in [2.75, 3.05) is 26.3 Å². The molecule has 1 aliphatic rings. The molecule has 0 bridgehead atoms. The van der Waals surface area contributed by atoms with Crippen LogP contribution in [-0.4, -0.2) is 48.6 Å². The molecule has 33 heavy (non-hydrogen) atoms. The second kappa shape index (κ2) is 11.0. The Kier molecular flexibility index (Phi) is 8.11. The van der Waals surface area contributed by atoms with Crippen LogP contribution in [0.3, 0.4) is 0 Å². The van der Waals surface area contributed by atoms with E-state index in [0.717, 1.165) is 47.7 Å². The molecular formula is C25H33N3O3S2. The molecule has 8 heteroatoms. The summed E-state index contributed by atoms with van der Waals surface area (Å²) in [6.45, 7) is 7.47. The fourth-order valence-electron chi connectivity index (χ4n) is 4.28. The summed E-state index contributed by atoms with van der Waals surface area (Å²) in [5, 5.41) is 0.909. The zero-order valence-corrected chi connectivity index (χ0v) is 21.1. The molecule has 0 N–H and O–H groups in total. The topological polar surface area (TPSA) is 64.4 Å². The molecular weight excluding hydrogens is 454 g/mol. The minimum atomic E-state index is -3.51. The van der Waals surface area contributed by atoms with Crippen LogP contribution in [0.5, 0.6) is 0 Å². The molecule has 1 aromatic heterocycles. The Hall–Kier alpha value is -1.87. The number of hydrogen-bond acceptors (Lipinski definition) is 5. The first-order valence-corrected chi connectivity index (χ1v) is 14.2. The van der Waals surface area contributed by atoms with E-state index in [1.54, 1.807) is 28.2 Å². The molecule has 0 radical (unpaired) electrons. The molecule has 0 spiro atoms. The van der Waals surface area contributed by atoms with Gasteiger partial charge in [-0.15, -0.1) is 0 Å². The maximum atomic E-state index is 13.3. The van der Waals surface area contributed by atoms with Gasteiger partial charge in [0.25, 0.3) is 0 Å². The van der Waals surface area contributed by atoms with Crippen molar-refractivity contribution in [3.05, 3.63) is 54.1 Å². The first-order chi connectivity index (χ1) is 16.0. The fraction of sp³-hybridized carbons (Fsp3) is 0.480. The SMILES string of the molecule is CCOCCCn1c(SCc2ccccc2)nc2cc(S(=O)(=O)N3CCCC(C)C3)ccc21. The number of thioether (sulfide) groups is 1. The molecule has 1 aliphatic heterocycles. The molecule has 3 aromatic rings. The third-order valence-corrected chi connectivity index (χ3v) is 8.94. The number of hydrogen-bond donors (Lipinski definition) is 0. The van der Waals surface area contributed by atoms with Crippen molar-refractivity contribution in [2.24, 2.45) is 5.92 Å². The third kappa shape index (κ3) is 5.80. The van der Waals surface area contributed by atoms with E-state index in [1.165, 1.54) is 5.56 Å². The Bertz CT molecular complexity index is 1160. The van der Waals surface area contributed by atoms with E-state index in [1.807, 2.05) is 31.2 Å². The van der Waals surface area contributed by atoms with Crippen LogP contribution in [0.25, 0.3) is 11.0 Å². The minimum Gasteiger partial charge on any atom is -0.382 e. The number of piperidine rings is 1. The van der Waals surface area contributed by atoms with Crippen LogP contribution in [0.15, 0.2) is 58.6 Å². The Morgan fingerprint density at radius 2 is 2.00 bits per heavy atom. The highest BCUT2D eigenvalue weighted by Crippen LogP contribution is 2.30. The number of nitrogens with zero attached hydrogens (tertiary/aromatic N) is 3. The number of imidazole rings is 1. The van der Waals surface area contributed by atoms with E-state index in [4.69, 9.17) is 9.72 Å². The Morgan fingerprint density at radius 1 is 1.18 bits per heavy atom. The molecule has 0 amide bonds. The van der Waals surface area contributed by atoms with Gasteiger partial charge in [-0.1, -0.05) is 49.0 Å². The summed E-state index contributed by atoms with van der Waals surface area (Å²) in [5.74, 6) is 1.20. The van der Waals surface area contributed by atoms with Gasteiger partial charge in [-0.25, -0.2) is 13.4 Å². The number of sulfonamides is 1. The normalized spacial score (nSPS) is 17.6. The summed E-state index contributed by atoms with van der Waals surface area (Å²) in [6, 6.07) is 15.7. The largest absolute Gasteiger partial charge is 0.382 e. The molecule has 2 heterocycles.